The first-order chi connectivity index (χ1) is 5.34. The van der Waals surface area contributed by atoms with Gasteiger partial charge in [0.05, 0.1) is 11.7 Å². The molecule has 0 saturated heterocycles. The second-order valence-electron chi connectivity index (χ2n) is 2.36. The molecule has 0 amide bonds. The first kappa shape index (κ1) is 8.16. The van der Waals surface area contributed by atoms with E-state index < -0.39 is 0 Å². The molecule has 1 rings (SSSR count). The van der Waals surface area contributed by atoms with Crippen LogP contribution in [0.1, 0.15) is 18.7 Å². The topological polar surface area (TPSA) is 79.6 Å². The monoisotopic (exact) mass is 155 g/mol. The molecule has 5 nitrogen and oxygen atoms in total. The number of H-pyrrole nitrogens is 1. The van der Waals surface area contributed by atoms with Crippen LogP contribution in [0.4, 0.5) is 0 Å². The van der Waals surface area contributed by atoms with Crippen LogP contribution in [0.5, 0.6) is 0 Å². The van der Waals surface area contributed by atoms with Crippen LogP contribution >= 0.6 is 0 Å². The molecule has 1 aromatic rings. The van der Waals surface area contributed by atoms with E-state index in [0.717, 1.165) is 12.2 Å². The molecule has 1 aromatic heterocycles. The summed E-state index contributed by atoms with van der Waals surface area (Å²) >= 11 is 0. The molecular weight excluding hydrogens is 142 g/mol. The van der Waals surface area contributed by atoms with Crippen LogP contribution < -0.4 is 11.1 Å². The van der Waals surface area contributed by atoms with Gasteiger partial charge in [-0.2, -0.15) is 0 Å². The van der Waals surface area contributed by atoms with Gasteiger partial charge in [0, 0.05) is 19.3 Å². The lowest BCUT2D eigenvalue weighted by molar-refractivity contribution is 0.568. The molecule has 4 N–H and O–H groups in total. The summed E-state index contributed by atoms with van der Waals surface area (Å²) in [6.45, 7) is 3.46. The van der Waals surface area contributed by atoms with Crippen molar-refractivity contribution in [2.45, 2.75) is 13.0 Å². The Bertz CT molecular complexity index is 183. The molecule has 5 heteroatoms. The van der Waals surface area contributed by atoms with Crippen molar-refractivity contribution in [2.24, 2.45) is 5.73 Å². The van der Waals surface area contributed by atoms with Gasteiger partial charge >= 0.3 is 0 Å². The number of nitrogens with one attached hydrogen (secondary N) is 2. The summed E-state index contributed by atoms with van der Waals surface area (Å²) in [5.41, 5.74) is 6.24. The van der Waals surface area contributed by atoms with E-state index in [4.69, 9.17) is 5.73 Å². The maximum atomic E-state index is 5.32. The van der Waals surface area contributed by atoms with E-state index >= 15 is 0 Å². The van der Waals surface area contributed by atoms with Gasteiger partial charge in [0.2, 0.25) is 0 Å². The van der Waals surface area contributed by atoms with Crippen LogP contribution in [-0.4, -0.2) is 28.5 Å². The zero-order valence-corrected chi connectivity index (χ0v) is 6.54. The van der Waals surface area contributed by atoms with Crippen molar-refractivity contribution in [1.82, 2.24) is 20.7 Å². The Labute approximate surface area is 65.4 Å². The van der Waals surface area contributed by atoms with E-state index in [9.17, 15) is 0 Å². The van der Waals surface area contributed by atoms with Crippen LogP contribution in [0, 0.1) is 0 Å². The van der Waals surface area contributed by atoms with Gasteiger partial charge in [-0.15, -0.1) is 5.10 Å². The SMILES string of the molecule is CC(NCCN)c1c[nH]nn1. The third-order valence-corrected chi connectivity index (χ3v) is 1.47. The molecule has 1 heterocycles. The van der Waals surface area contributed by atoms with Crippen molar-refractivity contribution < 1.29 is 0 Å². The van der Waals surface area contributed by atoms with E-state index in [1.54, 1.807) is 6.20 Å². The smallest absolute Gasteiger partial charge is 0.0990 e. The van der Waals surface area contributed by atoms with Gasteiger partial charge in [0.1, 0.15) is 0 Å². The molecule has 0 spiro atoms. The van der Waals surface area contributed by atoms with Crippen molar-refractivity contribution >= 4 is 0 Å². The predicted octanol–water partition coefficient (Wildman–Crippen LogP) is -0.586. The average molecular weight is 155 g/mol. The summed E-state index contributed by atoms with van der Waals surface area (Å²) in [4.78, 5) is 0. The molecule has 0 bridgehead atoms. The maximum Gasteiger partial charge on any atom is 0.0990 e. The minimum absolute atomic E-state index is 0.220. The first-order valence-corrected chi connectivity index (χ1v) is 3.64. The summed E-state index contributed by atoms with van der Waals surface area (Å²) in [6.07, 6.45) is 1.77. The molecule has 0 aliphatic rings. The summed E-state index contributed by atoms with van der Waals surface area (Å²) in [6, 6.07) is 0.220. The van der Waals surface area contributed by atoms with Gasteiger partial charge in [-0.25, -0.2) is 0 Å². The fraction of sp³-hybridized carbons (Fsp3) is 0.667. The van der Waals surface area contributed by atoms with Crippen LogP contribution in [0.3, 0.4) is 0 Å². The second-order valence-corrected chi connectivity index (χ2v) is 2.36. The van der Waals surface area contributed by atoms with Gasteiger partial charge in [-0.1, -0.05) is 5.21 Å². The lowest BCUT2D eigenvalue weighted by Crippen LogP contribution is -2.25. The Morgan fingerprint density at radius 3 is 3.18 bits per heavy atom. The number of nitrogens with two attached hydrogens (primary N) is 1. The molecule has 0 saturated carbocycles. The standard InChI is InChI=1S/C6H13N5/c1-5(8-3-2-7)6-4-9-11-10-6/h4-5,8H,2-3,7H2,1H3,(H,9,10,11). The Morgan fingerprint density at radius 1 is 1.82 bits per heavy atom. The number of nitrogens with zero attached hydrogens (tertiary/aromatic N) is 2. The lowest BCUT2D eigenvalue weighted by Gasteiger charge is -2.08. The van der Waals surface area contributed by atoms with Crippen LogP contribution in [0.25, 0.3) is 0 Å². The average Bonchev–Trinajstić information content (AvgIpc) is 2.52. The molecule has 0 fully saturated rings. The second kappa shape index (κ2) is 4.05. The highest BCUT2D eigenvalue weighted by atomic mass is 15.3. The zero-order valence-electron chi connectivity index (χ0n) is 6.54. The normalized spacial score (nSPS) is 13.3. The molecule has 0 aliphatic carbocycles. The van der Waals surface area contributed by atoms with Gasteiger partial charge < -0.3 is 11.1 Å². The zero-order chi connectivity index (χ0) is 8.10. The van der Waals surface area contributed by atoms with E-state index in [0.29, 0.717) is 6.54 Å². The quantitative estimate of drug-likeness (QED) is 0.543. The summed E-state index contributed by atoms with van der Waals surface area (Å²) in [7, 11) is 0. The van der Waals surface area contributed by atoms with E-state index in [1.165, 1.54) is 0 Å². The largest absolute Gasteiger partial charge is 0.329 e. The van der Waals surface area contributed by atoms with Gasteiger partial charge in [0.15, 0.2) is 0 Å². The van der Waals surface area contributed by atoms with Gasteiger partial charge in [0.25, 0.3) is 0 Å². The van der Waals surface area contributed by atoms with Crippen molar-refractivity contribution in [3.05, 3.63) is 11.9 Å². The highest BCUT2D eigenvalue weighted by Gasteiger charge is 2.05. The van der Waals surface area contributed by atoms with E-state index in [2.05, 4.69) is 20.7 Å². The highest BCUT2D eigenvalue weighted by molar-refractivity contribution is 4.97. The highest BCUT2D eigenvalue weighted by Crippen LogP contribution is 2.04. The van der Waals surface area contributed by atoms with Crippen LogP contribution in [0.15, 0.2) is 6.20 Å². The predicted molar refractivity (Wildman–Crippen MR) is 41.9 cm³/mol. The fourth-order valence-corrected chi connectivity index (χ4v) is 0.826. The minimum Gasteiger partial charge on any atom is -0.329 e. The Morgan fingerprint density at radius 2 is 2.64 bits per heavy atom. The number of aromatic nitrogens is 3. The van der Waals surface area contributed by atoms with Gasteiger partial charge in [-0.3, -0.25) is 5.10 Å². The number of rotatable bonds is 4. The molecule has 1 atom stereocenters. The molecule has 11 heavy (non-hydrogen) atoms. The Hall–Kier alpha value is -0.940. The van der Waals surface area contributed by atoms with Crippen molar-refractivity contribution in [3.8, 4) is 0 Å². The summed E-state index contributed by atoms with van der Waals surface area (Å²) in [5, 5.41) is 13.3. The van der Waals surface area contributed by atoms with Crippen LogP contribution in [0.2, 0.25) is 0 Å². The summed E-state index contributed by atoms with van der Waals surface area (Å²) in [5.74, 6) is 0. The molecule has 0 radical (unpaired) electrons. The van der Waals surface area contributed by atoms with Crippen LogP contribution in [-0.2, 0) is 0 Å². The lowest BCUT2D eigenvalue weighted by atomic mass is 10.2. The third-order valence-electron chi connectivity index (χ3n) is 1.47. The third kappa shape index (κ3) is 2.28. The van der Waals surface area contributed by atoms with Gasteiger partial charge in [-0.05, 0) is 6.92 Å². The number of hydrogen-bond donors (Lipinski definition) is 3. The minimum atomic E-state index is 0.220. The first-order valence-electron chi connectivity index (χ1n) is 3.64. The molecule has 62 valence electrons. The fourth-order valence-electron chi connectivity index (χ4n) is 0.826. The summed E-state index contributed by atoms with van der Waals surface area (Å²) < 4.78 is 0. The number of hydrogen-bond acceptors (Lipinski definition) is 4. The van der Waals surface area contributed by atoms with Crippen molar-refractivity contribution in [2.75, 3.05) is 13.1 Å². The Kier molecular flexibility index (Phi) is 3.00. The number of aromatic amines is 1. The van der Waals surface area contributed by atoms with E-state index in [-0.39, 0.29) is 6.04 Å². The molecule has 0 aromatic carbocycles. The van der Waals surface area contributed by atoms with Crippen molar-refractivity contribution in [3.63, 3.8) is 0 Å². The van der Waals surface area contributed by atoms with E-state index in [1.807, 2.05) is 6.92 Å². The Balaban J connectivity index is 2.36. The maximum absolute atomic E-state index is 5.32. The van der Waals surface area contributed by atoms with Crippen molar-refractivity contribution in [1.29, 1.82) is 0 Å². The molecule has 0 aliphatic heterocycles. The molecule has 1 unspecified atom stereocenters. The molecular formula is C6H13N5.